The SMILES string of the molecule is CN=C(NCCSCc1ccccc1F)N1CCC(c2cnn(C)c2)C1. The molecule has 26 heavy (non-hydrogen) atoms. The van der Waals surface area contributed by atoms with Crippen molar-refractivity contribution in [1.82, 2.24) is 20.0 Å². The second-order valence-corrected chi connectivity index (χ2v) is 7.60. The molecule has 2 heterocycles. The van der Waals surface area contributed by atoms with Gasteiger partial charge in [-0.25, -0.2) is 4.39 Å². The Bertz CT molecular complexity index is 745. The molecule has 1 N–H and O–H groups in total. The summed E-state index contributed by atoms with van der Waals surface area (Å²) >= 11 is 1.73. The van der Waals surface area contributed by atoms with E-state index in [1.165, 1.54) is 11.6 Å². The van der Waals surface area contributed by atoms with Crippen LogP contribution in [-0.4, -0.2) is 53.1 Å². The number of nitrogens with zero attached hydrogens (tertiary/aromatic N) is 4. The van der Waals surface area contributed by atoms with Gasteiger partial charge in [-0.1, -0.05) is 18.2 Å². The Morgan fingerprint density at radius 1 is 1.42 bits per heavy atom. The van der Waals surface area contributed by atoms with Crippen molar-refractivity contribution in [2.24, 2.45) is 12.0 Å². The minimum absolute atomic E-state index is 0.123. The topological polar surface area (TPSA) is 45.5 Å². The monoisotopic (exact) mass is 375 g/mol. The van der Waals surface area contributed by atoms with E-state index in [2.05, 4.69) is 26.5 Å². The summed E-state index contributed by atoms with van der Waals surface area (Å²) in [7, 11) is 3.78. The Morgan fingerprint density at radius 3 is 3.00 bits per heavy atom. The van der Waals surface area contributed by atoms with Gasteiger partial charge in [0.25, 0.3) is 0 Å². The lowest BCUT2D eigenvalue weighted by Crippen LogP contribution is -2.40. The molecule has 0 spiro atoms. The highest BCUT2D eigenvalue weighted by atomic mass is 32.2. The number of hydrogen-bond acceptors (Lipinski definition) is 3. The number of guanidine groups is 1. The molecule has 1 aromatic heterocycles. The van der Waals surface area contributed by atoms with Crippen molar-refractivity contribution >= 4 is 17.7 Å². The Kier molecular flexibility index (Phi) is 6.55. The van der Waals surface area contributed by atoms with Gasteiger partial charge in [-0.15, -0.1) is 0 Å². The molecule has 2 aromatic rings. The third-order valence-electron chi connectivity index (χ3n) is 4.64. The second-order valence-electron chi connectivity index (χ2n) is 6.50. The van der Waals surface area contributed by atoms with E-state index in [1.807, 2.05) is 37.1 Å². The number of aryl methyl sites for hydroxylation is 1. The average molecular weight is 376 g/mol. The minimum atomic E-state index is -0.123. The van der Waals surface area contributed by atoms with Crippen molar-refractivity contribution in [2.75, 3.05) is 32.4 Å². The molecule has 0 aliphatic carbocycles. The predicted molar refractivity (Wildman–Crippen MR) is 106 cm³/mol. The van der Waals surface area contributed by atoms with Crippen molar-refractivity contribution in [3.05, 3.63) is 53.6 Å². The highest BCUT2D eigenvalue weighted by Crippen LogP contribution is 2.26. The van der Waals surface area contributed by atoms with Gasteiger partial charge in [0.15, 0.2) is 5.96 Å². The maximum absolute atomic E-state index is 13.6. The standard InChI is InChI=1S/C19H26FN5S/c1-21-19(22-8-10-26-14-16-5-3-4-6-18(16)20)25-9-7-15(13-25)17-11-23-24(2)12-17/h3-6,11-12,15H,7-10,13-14H2,1-2H3,(H,21,22). The zero-order chi connectivity index (χ0) is 18.4. The Morgan fingerprint density at radius 2 is 2.27 bits per heavy atom. The van der Waals surface area contributed by atoms with E-state index in [4.69, 9.17) is 0 Å². The van der Waals surface area contributed by atoms with Crippen LogP contribution in [0.5, 0.6) is 0 Å². The van der Waals surface area contributed by atoms with Crippen LogP contribution in [0.2, 0.25) is 0 Å². The summed E-state index contributed by atoms with van der Waals surface area (Å²) in [5, 5.41) is 7.71. The number of benzene rings is 1. The van der Waals surface area contributed by atoms with E-state index in [-0.39, 0.29) is 5.82 Å². The zero-order valence-corrected chi connectivity index (χ0v) is 16.2. The lowest BCUT2D eigenvalue weighted by atomic mass is 10.0. The molecule has 0 radical (unpaired) electrons. The first kappa shape index (κ1) is 18.8. The highest BCUT2D eigenvalue weighted by Gasteiger charge is 2.26. The van der Waals surface area contributed by atoms with Gasteiger partial charge in [0, 0.05) is 57.4 Å². The predicted octanol–water partition coefficient (Wildman–Crippen LogP) is 2.86. The molecule has 1 unspecified atom stereocenters. The fourth-order valence-corrected chi connectivity index (χ4v) is 4.09. The third kappa shape index (κ3) is 4.78. The van der Waals surface area contributed by atoms with Gasteiger partial charge in [-0.2, -0.15) is 16.9 Å². The number of aliphatic imine (C=N–C) groups is 1. The van der Waals surface area contributed by atoms with Crippen molar-refractivity contribution in [3.63, 3.8) is 0 Å². The minimum Gasteiger partial charge on any atom is -0.355 e. The molecular formula is C19H26FN5S. The van der Waals surface area contributed by atoms with Crippen LogP contribution < -0.4 is 5.32 Å². The van der Waals surface area contributed by atoms with Crippen LogP contribution in [0.1, 0.15) is 23.5 Å². The number of thioether (sulfide) groups is 1. The lowest BCUT2D eigenvalue weighted by Gasteiger charge is -2.21. The summed E-state index contributed by atoms with van der Waals surface area (Å²) < 4.78 is 15.5. The number of hydrogen-bond donors (Lipinski definition) is 1. The molecule has 5 nitrogen and oxygen atoms in total. The van der Waals surface area contributed by atoms with Crippen LogP contribution in [0.3, 0.4) is 0 Å². The van der Waals surface area contributed by atoms with Crippen LogP contribution in [0.4, 0.5) is 4.39 Å². The fraction of sp³-hybridized carbons (Fsp3) is 0.474. The molecule has 1 aromatic carbocycles. The first-order chi connectivity index (χ1) is 12.7. The summed E-state index contributed by atoms with van der Waals surface area (Å²) in [6.45, 7) is 2.79. The third-order valence-corrected chi connectivity index (χ3v) is 5.65. The smallest absolute Gasteiger partial charge is 0.193 e. The van der Waals surface area contributed by atoms with Gasteiger partial charge in [0.2, 0.25) is 0 Å². The maximum atomic E-state index is 13.6. The van der Waals surface area contributed by atoms with Gasteiger partial charge in [0.1, 0.15) is 5.82 Å². The van der Waals surface area contributed by atoms with Crippen molar-refractivity contribution in [3.8, 4) is 0 Å². The molecule has 0 amide bonds. The van der Waals surface area contributed by atoms with Crippen LogP contribution in [0, 0.1) is 5.82 Å². The molecule has 140 valence electrons. The lowest BCUT2D eigenvalue weighted by molar-refractivity contribution is 0.488. The van der Waals surface area contributed by atoms with E-state index in [9.17, 15) is 4.39 Å². The molecule has 7 heteroatoms. The number of rotatable bonds is 6. The van der Waals surface area contributed by atoms with Crippen molar-refractivity contribution in [1.29, 1.82) is 0 Å². The van der Waals surface area contributed by atoms with Gasteiger partial charge >= 0.3 is 0 Å². The van der Waals surface area contributed by atoms with E-state index < -0.39 is 0 Å². The van der Waals surface area contributed by atoms with Crippen LogP contribution in [0.15, 0.2) is 41.7 Å². The van der Waals surface area contributed by atoms with E-state index in [1.54, 1.807) is 17.8 Å². The summed E-state index contributed by atoms with van der Waals surface area (Å²) in [6.07, 6.45) is 5.18. The zero-order valence-electron chi connectivity index (χ0n) is 15.4. The fourth-order valence-electron chi connectivity index (χ4n) is 3.24. The molecule has 1 aliphatic rings. The summed E-state index contributed by atoms with van der Waals surface area (Å²) in [4.78, 5) is 6.72. The molecule has 1 aliphatic heterocycles. The van der Waals surface area contributed by atoms with Gasteiger partial charge in [-0.3, -0.25) is 9.67 Å². The van der Waals surface area contributed by atoms with Crippen molar-refractivity contribution < 1.29 is 4.39 Å². The van der Waals surface area contributed by atoms with Gasteiger partial charge < -0.3 is 10.2 Å². The van der Waals surface area contributed by atoms with Gasteiger partial charge in [-0.05, 0) is 23.6 Å². The molecule has 0 saturated carbocycles. The Balaban J connectivity index is 1.40. The first-order valence-corrected chi connectivity index (χ1v) is 10.1. The second kappa shape index (κ2) is 9.07. The van der Waals surface area contributed by atoms with Gasteiger partial charge in [0.05, 0.1) is 6.20 Å². The van der Waals surface area contributed by atoms with Crippen LogP contribution in [-0.2, 0) is 12.8 Å². The largest absolute Gasteiger partial charge is 0.355 e. The number of likely N-dealkylation sites (tertiary alicyclic amines) is 1. The average Bonchev–Trinajstić information content (AvgIpc) is 3.28. The van der Waals surface area contributed by atoms with Crippen molar-refractivity contribution in [2.45, 2.75) is 18.1 Å². The Labute approximate surface area is 158 Å². The van der Waals surface area contributed by atoms with Crippen LogP contribution >= 0.6 is 11.8 Å². The molecule has 1 saturated heterocycles. The number of halogens is 1. The molecule has 1 atom stereocenters. The van der Waals surface area contributed by atoms with E-state index >= 15 is 0 Å². The maximum Gasteiger partial charge on any atom is 0.193 e. The van der Waals surface area contributed by atoms with Crippen LogP contribution in [0.25, 0.3) is 0 Å². The molecule has 0 bridgehead atoms. The first-order valence-electron chi connectivity index (χ1n) is 8.92. The highest BCUT2D eigenvalue weighted by molar-refractivity contribution is 7.98. The number of aromatic nitrogens is 2. The Hall–Kier alpha value is -2.02. The summed E-state index contributed by atoms with van der Waals surface area (Å²) in [5.41, 5.74) is 2.06. The quantitative estimate of drug-likeness (QED) is 0.479. The summed E-state index contributed by atoms with van der Waals surface area (Å²) in [6, 6.07) is 6.97. The molecular weight excluding hydrogens is 349 g/mol. The number of nitrogens with one attached hydrogen (secondary N) is 1. The normalized spacial score (nSPS) is 17.7. The summed E-state index contributed by atoms with van der Waals surface area (Å²) in [5.74, 6) is 2.94. The van der Waals surface area contributed by atoms with E-state index in [0.717, 1.165) is 43.3 Å². The molecule has 1 fully saturated rings. The molecule has 3 rings (SSSR count). The van der Waals surface area contributed by atoms with E-state index in [0.29, 0.717) is 11.7 Å².